The van der Waals surface area contributed by atoms with Crippen LogP contribution in [0.3, 0.4) is 0 Å². The van der Waals surface area contributed by atoms with E-state index in [2.05, 4.69) is 0 Å². The summed E-state index contributed by atoms with van der Waals surface area (Å²) in [5, 5.41) is 0. The Morgan fingerprint density at radius 1 is 1.11 bits per heavy atom. The Morgan fingerprint density at radius 3 is 2.11 bits per heavy atom. The molecule has 102 valence electrons. The van der Waals surface area contributed by atoms with Crippen molar-refractivity contribution in [3.63, 3.8) is 0 Å². The van der Waals surface area contributed by atoms with Crippen molar-refractivity contribution in [2.75, 3.05) is 7.11 Å². The zero-order chi connectivity index (χ0) is 13.5. The van der Waals surface area contributed by atoms with Gasteiger partial charge in [-0.25, -0.2) is 4.79 Å². The second kappa shape index (κ2) is 4.44. The van der Waals surface area contributed by atoms with Crippen LogP contribution in [0.4, 0.5) is 4.79 Å². The number of amides is 1. The SMILES string of the molecule is COC(=O)C1CC2CC(C1)N2C(=O)OC(C)(C)C. The third-order valence-corrected chi connectivity index (χ3v) is 3.58. The van der Waals surface area contributed by atoms with Gasteiger partial charge in [0.25, 0.3) is 0 Å². The summed E-state index contributed by atoms with van der Waals surface area (Å²) in [6.45, 7) is 5.58. The van der Waals surface area contributed by atoms with Crippen LogP contribution in [0.1, 0.15) is 40.0 Å². The Morgan fingerprint density at radius 2 is 1.67 bits per heavy atom. The average molecular weight is 255 g/mol. The van der Waals surface area contributed by atoms with Crippen LogP contribution in [0.15, 0.2) is 0 Å². The van der Waals surface area contributed by atoms with Gasteiger partial charge < -0.3 is 14.4 Å². The van der Waals surface area contributed by atoms with E-state index < -0.39 is 5.60 Å². The molecule has 3 aliphatic rings. The van der Waals surface area contributed by atoms with Gasteiger partial charge in [0, 0.05) is 12.1 Å². The normalized spacial score (nSPS) is 30.4. The monoisotopic (exact) mass is 255 g/mol. The van der Waals surface area contributed by atoms with Gasteiger partial charge in [-0.15, -0.1) is 0 Å². The molecule has 2 saturated heterocycles. The molecule has 0 aromatic rings. The largest absolute Gasteiger partial charge is 0.469 e. The minimum atomic E-state index is -0.470. The highest BCUT2D eigenvalue weighted by atomic mass is 16.6. The molecule has 2 unspecified atom stereocenters. The number of esters is 1. The number of carbonyl (C=O) groups excluding carboxylic acids is 2. The highest BCUT2D eigenvalue weighted by molar-refractivity contribution is 5.75. The van der Waals surface area contributed by atoms with E-state index in [0.29, 0.717) is 12.8 Å². The second-order valence-corrected chi connectivity index (χ2v) is 6.12. The number of fused-ring (bicyclic) bond motifs is 2. The van der Waals surface area contributed by atoms with Gasteiger partial charge in [-0.3, -0.25) is 4.79 Å². The first-order chi connectivity index (χ1) is 8.31. The first kappa shape index (κ1) is 13.2. The fourth-order valence-electron chi connectivity index (χ4n) is 2.85. The van der Waals surface area contributed by atoms with E-state index in [0.717, 1.165) is 6.42 Å². The Hall–Kier alpha value is -1.26. The molecule has 18 heavy (non-hydrogen) atoms. The van der Waals surface area contributed by atoms with Crippen LogP contribution in [0.25, 0.3) is 0 Å². The van der Waals surface area contributed by atoms with Crippen molar-refractivity contribution in [3.8, 4) is 0 Å². The summed E-state index contributed by atoms with van der Waals surface area (Å²) in [4.78, 5) is 25.3. The lowest BCUT2D eigenvalue weighted by atomic mass is 9.74. The van der Waals surface area contributed by atoms with E-state index in [9.17, 15) is 9.59 Å². The van der Waals surface area contributed by atoms with Crippen molar-refractivity contribution >= 4 is 12.1 Å². The molecule has 0 N–H and O–H groups in total. The van der Waals surface area contributed by atoms with Gasteiger partial charge in [-0.05, 0) is 40.0 Å². The van der Waals surface area contributed by atoms with Crippen LogP contribution in [0.5, 0.6) is 0 Å². The summed E-state index contributed by atoms with van der Waals surface area (Å²) in [6, 6.07) is 0.283. The predicted octanol–water partition coefficient (Wildman–Crippen LogP) is 1.95. The van der Waals surface area contributed by atoms with Crippen LogP contribution in [-0.2, 0) is 14.3 Å². The average Bonchev–Trinajstić information content (AvgIpc) is 2.25. The number of hydrogen-bond acceptors (Lipinski definition) is 4. The summed E-state index contributed by atoms with van der Waals surface area (Å²) in [6.07, 6.45) is 2.12. The van der Waals surface area contributed by atoms with Crippen LogP contribution >= 0.6 is 0 Å². The number of ether oxygens (including phenoxy) is 2. The van der Waals surface area contributed by atoms with Gasteiger partial charge in [0.2, 0.25) is 0 Å². The molecule has 0 aromatic heterocycles. The molecule has 1 amide bonds. The van der Waals surface area contributed by atoms with Crippen LogP contribution < -0.4 is 0 Å². The third kappa shape index (κ3) is 2.44. The van der Waals surface area contributed by atoms with E-state index in [1.54, 1.807) is 4.90 Å². The molecule has 2 atom stereocenters. The fraction of sp³-hybridized carbons (Fsp3) is 0.846. The summed E-state index contributed by atoms with van der Waals surface area (Å²) >= 11 is 0. The molecule has 2 aliphatic heterocycles. The zero-order valence-corrected chi connectivity index (χ0v) is 11.4. The topological polar surface area (TPSA) is 55.8 Å². The molecule has 2 heterocycles. The van der Waals surface area contributed by atoms with Gasteiger partial charge in [0.05, 0.1) is 13.0 Å². The first-order valence-corrected chi connectivity index (χ1v) is 6.41. The van der Waals surface area contributed by atoms with Crippen molar-refractivity contribution in [2.45, 2.75) is 57.7 Å². The van der Waals surface area contributed by atoms with E-state index in [1.165, 1.54) is 7.11 Å². The van der Waals surface area contributed by atoms with E-state index in [1.807, 2.05) is 20.8 Å². The molecule has 2 bridgehead atoms. The summed E-state index contributed by atoms with van der Waals surface area (Å²) in [5.41, 5.74) is -0.470. The van der Waals surface area contributed by atoms with Crippen LogP contribution in [0, 0.1) is 5.92 Å². The number of methoxy groups -OCH3 is 1. The van der Waals surface area contributed by atoms with Gasteiger partial charge in [-0.2, -0.15) is 0 Å². The minimum absolute atomic E-state index is 0.0579. The molecule has 5 heteroatoms. The molecular weight excluding hydrogens is 234 g/mol. The number of rotatable bonds is 1. The summed E-state index contributed by atoms with van der Waals surface area (Å²) in [7, 11) is 1.41. The third-order valence-electron chi connectivity index (χ3n) is 3.58. The van der Waals surface area contributed by atoms with Crippen molar-refractivity contribution < 1.29 is 19.1 Å². The maximum atomic E-state index is 12.0. The number of nitrogens with zero attached hydrogens (tertiary/aromatic N) is 1. The lowest BCUT2D eigenvalue weighted by molar-refractivity contribution is -0.153. The number of piperidine rings is 1. The summed E-state index contributed by atoms with van der Waals surface area (Å²) in [5.74, 6) is -0.217. The van der Waals surface area contributed by atoms with E-state index >= 15 is 0 Å². The standard InChI is InChI=1S/C13H21NO4/c1-13(2,3)18-12(16)14-9-5-8(11(15)17-4)6-10(14)7-9/h8-10H,5-7H2,1-4H3. The molecule has 0 spiro atoms. The van der Waals surface area contributed by atoms with Crippen molar-refractivity contribution in [3.05, 3.63) is 0 Å². The molecule has 0 radical (unpaired) electrons. The highest BCUT2D eigenvalue weighted by Crippen LogP contribution is 2.42. The molecule has 1 saturated carbocycles. The maximum absolute atomic E-state index is 12.0. The Labute approximate surface area is 107 Å². The highest BCUT2D eigenvalue weighted by Gasteiger charge is 2.50. The van der Waals surface area contributed by atoms with Crippen molar-refractivity contribution in [1.82, 2.24) is 4.90 Å². The van der Waals surface area contributed by atoms with Crippen LogP contribution in [-0.4, -0.2) is 41.8 Å². The zero-order valence-electron chi connectivity index (χ0n) is 11.4. The predicted molar refractivity (Wildman–Crippen MR) is 65.0 cm³/mol. The number of hydrogen-bond donors (Lipinski definition) is 0. The summed E-state index contributed by atoms with van der Waals surface area (Å²) < 4.78 is 10.1. The fourth-order valence-corrected chi connectivity index (χ4v) is 2.85. The molecule has 3 rings (SSSR count). The van der Waals surface area contributed by atoms with Crippen LogP contribution in [0.2, 0.25) is 0 Å². The minimum Gasteiger partial charge on any atom is -0.469 e. The molecule has 3 fully saturated rings. The van der Waals surface area contributed by atoms with Crippen molar-refractivity contribution in [1.29, 1.82) is 0 Å². The Kier molecular flexibility index (Phi) is 3.25. The lowest BCUT2D eigenvalue weighted by Crippen LogP contribution is -2.64. The maximum Gasteiger partial charge on any atom is 0.410 e. The Balaban J connectivity index is 1.93. The quantitative estimate of drug-likeness (QED) is 0.672. The molecule has 5 nitrogen and oxygen atoms in total. The lowest BCUT2D eigenvalue weighted by Gasteiger charge is -2.54. The Bertz CT molecular complexity index is 348. The first-order valence-electron chi connectivity index (χ1n) is 6.41. The van der Waals surface area contributed by atoms with Crippen molar-refractivity contribution in [2.24, 2.45) is 5.92 Å². The molecular formula is C13H21NO4. The van der Waals surface area contributed by atoms with E-state index in [4.69, 9.17) is 9.47 Å². The van der Waals surface area contributed by atoms with E-state index in [-0.39, 0.29) is 30.1 Å². The van der Waals surface area contributed by atoms with Gasteiger partial charge in [0.1, 0.15) is 5.60 Å². The number of carbonyl (C=O) groups is 2. The smallest absolute Gasteiger partial charge is 0.410 e. The van der Waals surface area contributed by atoms with Gasteiger partial charge in [0.15, 0.2) is 0 Å². The molecule has 0 aromatic carbocycles. The second-order valence-electron chi connectivity index (χ2n) is 6.12. The van der Waals surface area contributed by atoms with Gasteiger partial charge in [-0.1, -0.05) is 0 Å². The molecule has 1 aliphatic carbocycles. The van der Waals surface area contributed by atoms with Gasteiger partial charge >= 0.3 is 12.1 Å².